The summed E-state index contributed by atoms with van der Waals surface area (Å²) >= 11 is 0. The summed E-state index contributed by atoms with van der Waals surface area (Å²) in [6.45, 7) is 4.08. The van der Waals surface area contributed by atoms with Gasteiger partial charge in [-0.1, -0.05) is 0 Å². The minimum Gasteiger partial charge on any atom is -0.480 e. The Morgan fingerprint density at radius 3 is 2.77 bits per heavy atom. The van der Waals surface area contributed by atoms with Crippen molar-refractivity contribution in [3.8, 4) is 0 Å². The first-order valence-electron chi connectivity index (χ1n) is 4.74. The van der Waals surface area contributed by atoms with Gasteiger partial charge in [0.1, 0.15) is 6.04 Å². The SMILES string of the molecule is CC(NCC1CCOCC1)C(=O)O. The summed E-state index contributed by atoms with van der Waals surface area (Å²) in [6, 6.07) is -0.442. The van der Waals surface area contributed by atoms with Gasteiger partial charge in [-0.2, -0.15) is 0 Å². The van der Waals surface area contributed by atoms with Crippen molar-refractivity contribution in [2.45, 2.75) is 25.8 Å². The van der Waals surface area contributed by atoms with E-state index in [1.165, 1.54) is 0 Å². The summed E-state index contributed by atoms with van der Waals surface area (Å²) < 4.78 is 5.21. The fourth-order valence-electron chi connectivity index (χ4n) is 1.38. The maximum Gasteiger partial charge on any atom is 0.320 e. The van der Waals surface area contributed by atoms with Crippen molar-refractivity contribution in [3.05, 3.63) is 0 Å². The molecule has 1 aliphatic rings. The lowest BCUT2D eigenvalue weighted by Crippen LogP contribution is -2.38. The molecule has 1 atom stereocenters. The van der Waals surface area contributed by atoms with Crippen LogP contribution in [-0.4, -0.2) is 36.9 Å². The number of hydrogen-bond donors (Lipinski definition) is 2. The second-order valence-electron chi connectivity index (χ2n) is 3.52. The van der Waals surface area contributed by atoms with Gasteiger partial charge in [-0.3, -0.25) is 4.79 Å². The van der Waals surface area contributed by atoms with E-state index in [0.29, 0.717) is 5.92 Å². The summed E-state index contributed by atoms with van der Waals surface area (Å²) in [7, 11) is 0. The largest absolute Gasteiger partial charge is 0.480 e. The van der Waals surface area contributed by atoms with Crippen LogP contribution in [0.2, 0.25) is 0 Å². The number of aliphatic carboxylic acids is 1. The van der Waals surface area contributed by atoms with Crippen molar-refractivity contribution in [1.29, 1.82) is 0 Å². The number of carboxylic acids is 1. The van der Waals surface area contributed by atoms with Gasteiger partial charge in [0.2, 0.25) is 0 Å². The molecule has 13 heavy (non-hydrogen) atoms. The summed E-state index contributed by atoms with van der Waals surface area (Å²) in [4.78, 5) is 10.5. The molecule has 1 aliphatic heterocycles. The van der Waals surface area contributed by atoms with Gasteiger partial charge in [0.05, 0.1) is 0 Å². The first-order valence-corrected chi connectivity index (χ1v) is 4.74. The maximum atomic E-state index is 10.5. The summed E-state index contributed by atoms with van der Waals surface area (Å²) in [6.07, 6.45) is 2.08. The molecule has 0 aromatic rings. The first-order chi connectivity index (χ1) is 6.20. The van der Waals surface area contributed by atoms with Crippen molar-refractivity contribution in [2.24, 2.45) is 5.92 Å². The number of carbonyl (C=O) groups is 1. The Morgan fingerprint density at radius 1 is 1.62 bits per heavy atom. The highest BCUT2D eigenvalue weighted by Gasteiger charge is 2.16. The van der Waals surface area contributed by atoms with E-state index in [0.717, 1.165) is 32.6 Å². The van der Waals surface area contributed by atoms with Gasteiger partial charge in [-0.05, 0) is 32.2 Å². The first kappa shape index (κ1) is 10.5. The third-order valence-electron chi connectivity index (χ3n) is 2.42. The molecule has 1 rings (SSSR count). The summed E-state index contributed by atoms with van der Waals surface area (Å²) in [5.74, 6) is -0.206. The van der Waals surface area contributed by atoms with E-state index in [4.69, 9.17) is 9.84 Å². The minimum absolute atomic E-state index is 0.442. The summed E-state index contributed by atoms with van der Waals surface area (Å²) in [5.41, 5.74) is 0. The Kier molecular flexibility index (Phi) is 4.18. The standard InChI is InChI=1S/C9H17NO3/c1-7(9(11)12)10-6-8-2-4-13-5-3-8/h7-8,10H,2-6H2,1H3,(H,11,12). The molecule has 1 heterocycles. The van der Waals surface area contributed by atoms with E-state index < -0.39 is 12.0 Å². The second-order valence-corrected chi connectivity index (χ2v) is 3.52. The fraction of sp³-hybridized carbons (Fsp3) is 0.889. The van der Waals surface area contributed by atoms with Crippen LogP contribution in [0.1, 0.15) is 19.8 Å². The fourth-order valence-corrected chi connectivity index (χ4v) is 1.38. The van der Waals surface area contributed by atoms with Crippen LogP contribution in [-0.2, 0) is 9.53 Å². The van der Waals surface area contributed by atoms with Gasteiger partial charge in [0.15, 0.2) is 0 Å². The van der Waals surface area contributed by atoms with Gasteiger partial charge >= 0.3 is 5.97 Å². The van der Waals surface area contributed by atoms with E-state index in [2.05, 4.69) is 5.32 Å². The highest BCUT2D eigenvalue weighted by molar-refractivity contribution is 5.72. The number of rotatable bonds is 4. The minimum atomic E-state index is -0.785. The monoisotopic (exact) mass is 187 g/mol. The quantitative estimate of drug-likeness (QED) is 0.672. The topological polar surface area (TPSA) is 58.6 Å². The molecule has 4 heteroatoms. The third kappa shape index (κ3) is 3.74. The molecule has 1 saturated heterocycles. The van der Waals surface area contributed by atoms with Crippen LogP contribution in [0.25, 0.3) is 0 Å². The van der Waals surface area contributed by atoms with Crippen molar-refractivity contribution in [1.82, 2.24) is 5.32 Å². The molecule has 1 unspecified atom stereocenters. The molecule has 1 fully saturated rings. The van der Waals surface area contributed by atoms with Crippen LogP contribution >= 0.6 is 0 Å². The van der Waals surface area contributed by atoms with Crippen LogP contribution in [0.3, 0.4) is 0 Å². The van der Waals surface area contributed by atoms with Crippen LogP contribution in [0.5, 0.6) is 0 Å². The maximum absolute atomic E-state index is 10.5. The van der Waals surface area contributed by atoms with E-state index in [9.17, 15) is 4.79 Å². The zero-order chi connectivity index (χ0) is 9.68. The van der Waals surface area contributed by atoms with Crippen molar-refractivity contribution in [2.75, 3.05) is 19.8 Å². The highest BCUT2D eigenvalue weighted by Crippen LogP contribution is 2.13. The van der Waals surface area contributed by atoms with E-state index in [1.807, 2.05) is 0 Å². The average Bonchev–Trinajstić information content (AvgIpc) is 2.15. The predicted octanol–water partition coefficient (Wildman–Crippen LogP) is 0.476. The molecule has 0 radical (unpaired) electrons. The predicted molar refractivity (Wildman–Crippen MR) is 48.6 cm³/mol. The normalized spacial score (nSPS) is 21.3. The molecular formula is C9H17NO3. The van der Waals surface area contributed by atoms with E-state index in [1.54, 1.807) is 6.92 Å². The molecule has 0 amide bonds. The molecule has 76 valence electrons. The Labute approximate surface area is 78.3 Å². The Bertz CT molecular complexity index is 166. The average molecular weight is 187 g/mol. The molecule has 4 nitrogen and oxygen atoms in total. The highest BCUT2D eigenvalue weighted by atomic mass is 16.5. The van der Waals surface area contributed by atoms with Crippen LogP contribution in [0.4, 0.5) is 0 Å². The third-order valence-corrected chi connectivity index (χ3v) is 2.42. The Morgan fingerprint density at radius 2 is 2.23 bits per heavy atom. The molecule has 0 bridgehead atoms. The van der Waals surface area contributed by atoms with Gasteiger partial charge in [-0.15, -0.1) is 0 Å². The zero-order valence-electron chi connectivity index (χ0n) is 7.95. The van der Waals surface area contributed by atoms with Crippen LogP contribution in [0, 0.1) is 5.92 Å². The van der Waals surface area contributed by atoms with Gasteiger partial charge in [0.25, 0.3) is 0 Å². The Hall–Kier alpha value is -0.610. The molecule has 0 saturated carbocycles. The number of ether oxygens (including phenoxy) is 1. The molecule has 0 aromatic heterocycles. The second kappa shape index (κ2) is 5.19. The van der Waals surface area contributed by atoms with Gasteiger partial charge < -0.3 is 15.2 Å². The lowest BCUT2D eigenvalue weighted by molar-refractivity contribution is -0.139. The molecule has 0 aliphatic carbocycles. The molecule has 0 aromatic carbocycles. The molecule has 0 spiro atoms. The molecule has 2 N–H and O–H groups in total. The van der Waals surface area contributed by atoms with E-state index >= 15 is 0 Å². The number of carboxylic acid groups (broad SMARTS) is 1. The number of nitrogens with one attached hydrogen (secondary N) is 1. The summed E-state index contributed by atoms with van der Waals surface area (Å²) in [5, 5.41) is 11.6. The van der Waals surface area contributed by atoms with Crippen LogP contribution < -0.4 is 5.32 Å². The Balaban J connectivity index is 2.13. The van der Waals surface area contributed by atoms with Crippen LogP contribution in [0.15, 0.2) is 0 Å². The lowest BCUT2D eigenvalue weighted by Gasteiger charge is -2.23. The van der Waals surface area contributed by atoms with E-state index in [-0.39, 0.29) is 0 Å². The van der Waals surface area contributed by atoms with Crippen molar-refractivity contribution >= 4 is 5.97 Å². The van der Waals surface area contributed by atoms with Gasteiger partial charge in [-0.25, -0.2) is 0 Å². The van der Waals surface area contributed by atoms with Crippen molar-refractivity contribution < 1.29 is 14.6 Å². The number of hydrogen-bond acceptors (Lipinski definition) is 3. The van der Waals surface area contributed by atoms with Gasteiger partial charge in [0, 0.05) is 13.2 Å². The lowest BCUT2D eigenvalue weighted by atomic mass is 10.0. The zero-order valence-corrected chi connectivity index (χ0v) is 7.95. The van der Waals surface area contributed by atoms with Crippen molar-refractivity contribution in [3.63, 3.8) is 0 Å². The molecular weight excluding hydrogens is 170 g/mol. The smallest absolute Gasteiger partial charge is 0.320 e.